The molecule has 0 fully saturated rings. The summed E-state index contributed by atoms with van der Waals surface area (Å²) in [6, 6.07) is 7.50. The number of nitrogens with one attached hydrogen (secondary N) is 1. The van der Waals surface area contributed by atoms with Crippen LogP contribution in [0.15, 0.2) is 41.0 Å². The molecule has 108 valence electrons. The zero-order chi connectivity index (χ0) is 15.4. The molecule has 8 heteroatoms. The molecule has 0 saturated heterocycles. The third-order valence-corrected chi connectivity index (χ3v) is 3.39. The van der Waals surface area contributed by atoms with Crippen LogP contribution in [0.2, 0.25) is 5.15 Å². The number of nitro groups is 1. The maximum Gasteiger partial charge on any atom is 0.269 e. The molecule has 0 unspecified atom stereocenters. The molecule has 0 aliphatic heterocycles. The van der Waals surface area contributed by atoms with Gasteiger partial charge in [-0.25, -0.2) is 4.98 Å². The van der Waals surface area contributed by atoms with Gasteiger partial charge in [-0.3, -0.25) is 14.9 Å². The lowest BCUT2D eigenvalue weighted by atomic mass is 10.2. The van der Waals surface area contributed by atoms with Crippen LogP contribution in [0.3, 0.4) is 0 Å². The monoisotopic (exact) mass is 369 g/mol. The minimum Gasteiger partial charge on any atom is -0.348 e. The molecule has 0 atom stereocenters. The number of hydrogen-bond acceptors (Lipinski definition) is 4. The van der Waals surface area contributed by atoms with Crippen molar-refractivity contribution in [3.05, 3.63) is 67.4 Å². The first-order valence-corrected chi connectivity index (χ1v) is 6.97. The van der Waals surface area contributed by atoms with E-state index in [9.17, 15) is 14.9 Å². The van der Waals surface area contributed by atoms with Gasteiger partial charge < -0.3 is 5.32 Å². The van der Waals surface area contributed by atoms with E-state index in [1.165, 1.54) is 18.3 Å². The summed E-state index contributed by atoms with van der Waals surface area (Å²) in [5.41, 5.74) is 1.00. The third kappa shape index (κ3) is 3.99. The molecule has 0 saturated carbocycles. The molecule has 6 nitrogen and oxygen atoms in total. The molecule has 0 radical (unpaired) electrons. The number of nitrogens with zero attached hydrogens (tertiary/aromatic N) is 2. The second-order valence-electron chi connectivity index (χ2n) is 4.10. The molecule has 0 spiro atoms. The molecule has 0 bridgehead atoms. The number of non-ortho nitro benzene ring substituents is 1. The van der Waals surface area contributed by atoms with Crippen molar-refractivity contribution >= 4 is 39.1 Å². The Morgan fingerprint density at radius 2 is 2.05 bits per heavy atom. The highest BCUT2D eigenvalue weighted by molar-refractivity contribution is 9.10. The normalized spacial score (nSPS) is 10.2. The number of nitro benzene ring substituents is 1. The van der Waals surface area contributed by atoms with E-state index in [1.807, 2.05) is 0 Å². The summed E-state index contributed by atoms with van der Waals surface area (Å²) >= 11 is 9.08. The average Bonchev–Trinajstić information content (AvgIpc) is 2.47. The summed E-state index contributed by atoms with van der Waals surface area (Å²) in [6.07, 6.45) is 1.50. The van der Waals surface area contributed by atoms with Crippen molar-refractivity contribution in [2.45, 2.75) is 6.54 Å². The van der Waals surface area contributed by atoms with E-state index in [0.717, 1.165) is 5.56 Å². The average molecular weight is 371 g/mol. The highest BCUT2D eigenvalue weighted by Gasteiger charge is 2.12. The Balaban J connectivity index is 2.04. The molecule has 2 rings (SSSR count). The molecule has 21 heavy (non-hydrogen) atoms. The molecule has 2 aromatic rings. The van der Waals surface area contributed by atoms with Gasteiger partial charge in [0.2, 0.25) is 0 Å². The number of halogens is 2. The van der Waals surface area contributed by atoms with Crippen molar-refractivity contribution in [3.8, 4) is 0 Å². The molecule has 1 aromatic heterocycles. The van der Waals surface area contributed by atoms with Crippen molar-refractivity contribution < 1.29 is 9.72 Å². The Labute approximate surface area is 133 Å². The first-order chi connectivity index (χ1) is 9.97. The van der Waals surface area contributed by atoms with Crippen molar-refractivity contribution in [2.24, 2.45) is 0 Å². The Bertz CT molecular complexity index is 692. The second-order valence-corrected chi connectivity index (χ2v) is 5.37. The Morgan fingerprint density at radius 3 is 2.67 bits per heavy atom. The van der Waals surface area contributed by atoms with Crippen LogP contribution in [0.4, 0.5) is 5.69 Å². The van der Waals surface area contributed by atoms with Crippen molar-refractivity contribution in [2.75, 3.05) is 0 Å². The van der Waals surface area contributed by atoms with Gasteiger partial charge in [0.05, 0.1) is 10.5 Å². The number of carbonyl (C=O) groups is 1. The minimum atomic E-state index is -0.477. The van der Waals surface area contributed by atoms with Gasteiger partial charge in [-0.15, -0.1) is 0 Å². The van der Waals surface area contributed by atoms with Gasteiger partial charge in [-0.1, -0.05) is 23.7 Å². The molecular weight excluding hydrogens is 362 g/mol. The molecule has 1 amide bonds. The van der Waals surface area contributed by atoms with Crippen LogP contribution in [0.25, 0.3) is 0 Å². The summed E-state index contributed by atoms with van der Waals surface area (Å²) in [5.74, 6) is -0.368. The van der Waals surface area contributed by atoms with Crippen LogP contribution in [-0.2, 0) is 6.54 Å². The number of pyridine rings is 1. The van der Waals surface area contributed by atoms with E-state index in [-0.39, 0.29) is 28.9 Å². The number of hydrogen-bond donors (Lipinski definition) is 1. The summed E-state index contributed by atoms with van der Waals surface area (Å²) in [4.78, 5) is 25.9. The van der Waals surface area contributed by atoms with Gasteiger partial charge >= 0.3 is 0 Å². The lowest BCUT2D eigenvalue weighted by Crippen LogP contribution is -2.23. The van der Waals surface area contributed by atoms with Gasteiger partial charge in [0.1, 0.15) is 5.15 Å². The molecule has 1 N–H and O–H groups in total. The molecule has 0 aliphatic rings. The lowest BCUT2D eigenvalue weighted by molar-refractivity contribution is -0.384. The van der Waals surface area contributed by atoms with Crippen LogP contribution in [-0.4, -0.2) is 15.8 Å². The van der Waals surface area contributed by atoms with Crippen LogP contribution in [0, 0.1) is 10.1 Å². The van der Waals surface area contributed by atoms with E-state index in [0.29, 0.717) is 4.47 Å². The first-order valence-electron chi connectivity index (χ1n) is 5.80. The van der Waals surface area contributed by atoms with Gasteiger partial charge in [0, 0.05) is 29.3 Å². The Hall–Kier alpha value is -1.99. The smallest absolute Gasteiger partial charge is 0.269 e. The Kier molecular flexibility index (Phi) is 4.87. The van der Waals surface area contributed by atoms with E-state index in [4.69, 9.17) is 11.6 Å². The van der Waals surface area contributed by atoms with E-state index >= 15 is 0 Å². The van der Waals surface area contributed by atoms with E-state index in [2.05, 4.69) is 26.2 Å². The van der Waals surface area contributed by atoms with Crippen molar-refractivity contribution in [1.29, 1.82) is 0 Å². The topological polar surface area (TPSA) is 85.1 Å². The third-order valence-electron chi connectivity index (χ3n) is 2.65. The predicted molar refractivity (Wildman–Crippen MR) is 81.2 cm³/mol. The van der Waals surface area contributed by atoms with E-state index < -0.39 is 4.92 Å². The Morgan fingerprint density at radius 1 is 1.38 bits per heavy atom. The minimum absolute atomic E-state index is 0.00399. The fourth-order valence-electron chi connectivity index (χ4n) is 1.59. The predicted octanol–water partition coefficient (Wildman–Crippen LogP) is 3.34. The summed E-state index contributed by atoms with van der Waals surface area (Å²) in [5, 5.41) is 13.3. The number of aromatic nitrogens is 1. The maximum absolute atomic E-state index is 12.0. The van der Waals surface area contributed by atoms with Gasteiger partial charge in [-0.05, 0) is 27.6 Å². The number of rotatable bonds is 4. The zero-order valence-corrected chi connectivity index (χ0v) is 12.9. The second kappa shape index (κ2) is 6.64. The van der Waals surface area contributed by atoms with Crippen LogP contribution in [0.1, 0.15) is 15.9 Å². The number of amides is 1. The lowest BCUT2D eigenvalue weighted by Gasteiger charge is -2.06. The SMILES string of the molecule is O=C(NCc1ccc([N+](=O)[O-])cc1)c1cc(Br)cnc1Cl. The maximum atomic E-state index is 12.0. The molecule has 1 heterocycles. The van der Waals surface area contributed by atoms with Crippen molar-refractivity contribution in [1.82, 2.24) is 10.3 Å². The highest BCUT2D eigenvalue weighted by Crippen LogP contribution is 2.18. The number of benzene rings is 1. The van der Waals surface area contributed by atoms with Crippen LogP contribution in [0.5, 0.6) is 0 Å². The molecule has 1 aromatic carbocycles. The van der Waals surface area contributed by atoms with Crippen LogP contribution >= 0.6 is 27.5 Å². The van der Waals surface area contributed by atoms with E-state index in [1.54, 1.807) is 18.2 Å². The highest BCUT2D eigenvalue weighted by atomic mass is 79.9. The van der Waals surface area contributed by atoms with Crippen molar-refractivity contribution in [3.63, 3.8) is 0 Å². The summed E-state index contributed by atoms with van der Waals surface area (Å²) in [7, 11) is 0. The first kappa shape index (κ1) is 15.4. The van der Waals surface area contributed by atoms with Crippen LogP contribution < -0.4 is 5.32 Å². The van der Waals surface area contributed by atoms with Gasteiger partial charge in [0.25, 0.3) is 11.6 Å². The fourth-order valence-corrected chi connectivity index (χ4v) is 2.12. The summed E-state index contributed by atoms with van der Waals surface area (Å²) < 4.78 is 0.646. The fraction of sp³-hybridized carbons (Fsp3) is 0.0769. The molecule has 0 aliphatic carbocycles. The van der Waals surface area contributed by atoms with Gasteiger partial charge in [-0.2, -0.15) is 0 Å². The molecular formula is C13H9BrClN3O3. The number of carbonyl (C=O) groups excluding carboxylic acids is 1. The summed E-state index contributed by atoms with van der Waals surface area (Å²) in [6.45, 7) is 0.236. The zero-order valence-electron chi connectivity index (χ0n) is 10.5. The largest absolute Gasteiger partial charge is 0.348 e. The van der Waals surface area contributed by atoms with Gasteiger partial charge in [0.15, 0.2) is 0 Å². The standard InChI is InChI=1S/C13H9BrClN3O3/c14-9-5-11(12(15)16-7-9)13(19)17-6-8-1-3-10(4-2-8)18(20)21/h1-5,7H,6H2,(H,17,19). The quantitative estimate of drug-likeness (QED) is 0.508.